The third kappa shape index (κ3) is 2.20. The molecule has 0 aromatic rings. The van der Waals surface area contributed by atoms with Gasteiger partial charge in [-0.2, -0.15) is 0 Å². The van der Waals surface area contributed by atoms with Gasteiger partial charge in [0.15, 0.2) is 0 Å². The average Bonchev–Trinajstić information content (AvgIpc) is 2.72. The Labute approximate surface area is 88.8 Å². The normalized spacial score (nSPS) is 23.6. The van der Waals surface area contributed by atoms with E-state index in [-0.39, 0.29) is 0 Å². The van der Waals surface area contributed by atoms with Gasteiger partial charge in [-0.1, -0.05) is 38.8 Å². The Morgan fingerprint density at radius 1 is 1.21 bits per heavy atom. The van der Waals surface area contributed by atoms with Crippen LogP contribution in [0.4, 0.5) is 0 Å². The molecule has 0 bridgehead atoms. The summed E-state index contributed by atoms with van der Waals surface area (Å²) in [5, 5.41) is 0. The van der Waals surface area contributed by atoms with Gasteiger partial charge in [-0.25, -0.2) is 0 Å². The summed E-state index contributed by atoms with van der Waals surface area (Å²) in [5.41, 5.74) is 9.05. The van der Waals surface area contributed by atoms with Gasteiger partial charge in [0, 0.05) is 5.92 Å². The largest absolute Gasteiger partial charge is 0.330 e. The Morgan fingerprint density at radius 3 is 2.07 bits per heavy atom. The molecule has 2 N–H and O–H groups in total. The Kier molecular flexibility index (Phi) is 3.77. The van der Waals surface area contributed by atoms with Crippen LogP contribution in [0.2, 0.25) is 0 Å². The van der Waals surface area contributed by atoms with E-state index in [0.717, 1.165) is 36.6 Å². The molecule has 0 aromatic carbocycles. The number of hydrogen-bond donors (Lipinski definition) is 1. The first-order valence-electron chi connectivity index (χ1n) is 5.91. The first kappa shape index (κ1) is 11.8. The minimum atomic E-state index is 0.743. The molecule has 0 heterocycles. The Hall–Kier alpha value is -0.300. The zero-order chi connectivity index (χ0) is 10.9. The maximum atomic E-state index is 5.68. The van der Waals surface area contributed by atoms with E-state index >= 15 is 0 Å². The minimum absolute atomic E-state index is 0.743. The molecular formula is C13H25N. The second kappa shape index (κ2) is 4.48. The number of hydrogen-bond acceptors (Lipinski definition) is 1. The van der Waals surface area contributed by atoms with Crippen molar-refractivity contribution in [1.29, 1.82) is 0 Å². The van der Waals surface area contributed by atoms with Crippen LogP contribution in [-0.2, 0) is 0 Å². The van der Waals surface area contributed by atoms with Gasteiger partial charge in [0.2, 0.25) is 0 Å². The van der Waals surface area contributed by atoms with Crippen molar-refractivity contribution < 1.29 is 0 Å². The SMILES string of the molecule is CC1=C(C(CCN)C(C)C)C1C(C)C. The Balaban J connectivity index is 2.63. The molecule has 0 fully saturated rings. The van der Waals surface area contributed by atoms with Gasteiger partial charge < -0.3 is 5.73 Å². The molecule has 0 spiro atoms. The lowest BCUT2D eigenvalue weighted by Gasteiger charge is -2.19. The fourth-order valence-corrected chi connectivity index (χ4v) is 2.79. The molecule has 1 rings (SSSR count). The van der Waals surface area contributed by atoms with Crippen LogP contribution in [0, 0.1) is 23.7 Å². The lowest BCUT2D eigenvalue weighted by atomic mass is 9.86. The zero-order valence-corrected chi connectivity index (χ0v) is 10.3. The zero-order valence-electron chi connectivity index (χ0n) is 10.3. The fourth-order valence-electron chi connectivity index (χ4n) is 2.79. The molecule has 14 heavy (non-hydrogen) atoms. The van der Waals surface area contributed by atoms with Crippen LogP contribution in [0.15, 0.2) is 11.1 Å². The summed E-state index contributed by atoms with van der Waals surface area (Å²) in [6.45, 7) is 12.4. The molecule has 2 atom stereocenters. The standard InChI is InChI=1S/C13H25N/c1-8(2)11(6-7-14)13-10(5)12(13)9(3)4/h8-9,11-12H,6-7,14H2,1-5H3. The summed E-state index contributed by atoms with van der Waals surface area (Å²) in [6, 6.07) is 0. The van der Waals surface area contributed by atoms with E-state index in [1.807, 2.05) is 0 Å². The number of nitrogens with two attached hydrogens (primary N) is 1. The summed E-state index contributed by atoms with van der Waals surface area (Å²) >= 11 is 0. The summed E-state index contributed by atoms with van der Waals surface area (Å²) in [4.78, 5) is 0. The third-order valence-electron chi connectivity index (χ3n) is 3.52. The maximum absolute atomic E-state index is 5.68. The number of allylic oxidation sites excluding steroid dienone is 2. The third-order valence-corrected chi connectivity index (χ3v) is 3.52. The van der Waals surface area contributed by atoms with E-state index in [9.17, 15) is 0 Å². The fraction of sp³-hybridized carbons (Fsp3) is 0.846. The van der Waals surface area contributed by atoms with Gasteiger partial charge in [-0.3, -0.25) is 0 Å². The molecule has 1 nitrogen and oxygen atoms in total. The Morgan fingerprint density at radius 2 is 1.79 bits per heavy atom. The lowest BCUT2D eigenvalue weighted by Crippen LogP contribution is -2.15. The van der Waals surface area contributed by atoms with Gasteiger partial charge in [-0.15, -0.1) is 0 Å². The predicted molar refractivity (Wildman–Crippen MR) is 63.0 cm³/mol. The van der Waals surface area contributed by atoms with Crippen molar-refractivity contribution in [3.8, 4) is 0 Å². The van der Waals surface area contributed by atoms with Gasteiger partial charge in [-0.05, 0) is 37.6 Å². The summed E-state index contributed by atoms with van der Waals surface area (Å²) in [7, 11) is 0. The second-order valence-corrected chi connectivity index (χ2v) is 5.29. The van der Waals surface area contributed by atoms with E-state index < -0.39 is 0 Å². The van der Waals surface area contributed by atoms with E-state index in [2.05, 4.69) is 34.6 Å². The van der Waals surface area contributed by atoms with Crippen LogP contribution in [-0.4, -0.2) is 6.54 Å². The van der Waals surface area contributed by atoms with Crippen LogP contribution in [0.3, 0.4) is 0 Å². The summed E-state index contributed by atoms with van der Waals surface area (Å²) in [6.07, 6.45) is 1.16. The molecule has 0 amide bonds. The van der Waals surface area contributed by atoms with Crippen LogP contribution in [0.1, 0.15) is 41.0 Å². The molecule has 82 valence electrons. The summed E-state index contributed by atoms with van der Waals surface area (Å²) in [5.74, 6) is 3.07. The van der Waals surface area contributed by atoms with Gasteiger partial charge in [0.05, 0.1) is 0 Å². The van der Waals surface area contributed by atoms with Gasteiger partial charge >= 0.3 is 0 Å². The van der Waals surface area contributed by atoms with Crippen LogP contribution >= 0.6 is 0 Å². The average molecular weight is 195 g/mol. The molecular weight excluding hydrogens is 170 g/mol. The van der Waals surface area contributed by atoms with Crippen molar-refractivity contribution in [2.24, 2.45) is 29.4 Å². The van der Waals surface area contributed by atoms with Crippen molar-refractivity contribution in [2.75, 3.05) is 6.54 Å². The highest BCUT2D eigenvalue weighted by Gasteiger charge is 2.40. The van der Waals surface area contributed by atoms with Crippen LogP contribution in [0.5, 0.6) is 0 Å². The first-order chi connectivity index (χ1) is 6.50. The van der Waals surface area contributed by atoms with E-state index in [4.69, 9.17) is 5.73 Å². The highest BCUT2D eigenvalue weighted by atomic mass is 14.5. The molecule has 1 aliphatic carbocycles. The second-order valence-electron chi connectivity index (χ2n) is 5.29. The molecule has 2 unspecified atom stereocenters. The van der Waals surface area contributed by atoms with Gasteiger partial charge in [0.25, 0.3) is 0 Å². The molecule has 0 saturated carbocycles. The molecule has 0 aromatic heterocycles. The van der Waals surface area contributed by atoms with E-state index in [1.54, 1.807) is 11.1 Å². The quantitative estimate of drug-likeness (QED) is 0.670. The highest BCUT2D eigenvalue weighted by molar-refractivity contribution is 5.42. The highest BCUT2D eigenvalue weighted by Crippen LogP contribution is 2.51. The van der Waals surface area contributed by atoms with Crippen LogP contribution in [0.25, 0.3) is 0 Å². The molecule has 0 aliphatic heterocycles. The van der Waals surface area contributed by atoms with Crippen LogP contribution < -0.4 is 5.73 Å². The van der Waals surface area contributed by atoms with Crippen molar-refractivity contribution in [2.45, 2.75) is 41.0 Å². The molecule has 1 aliphatic rings. The molecule has 0 saturated heterocycles. The summed E-state index contributed by atoms with van der Waals surface area (Å²) < 4.78 is 0. The van der Waals surface area contributed by atoms with Gasteiger partial charge in [0.1, 0.15) is 0 Å². The molecule has 1 heteroatoms. The minimum Gasteiger partial charge on any atom is -0.330 e. The Bertz CT molecular complexity index is 225. The van der Waals surface area contributed by atoms with Crippen molar-refractivity contribution in [1.82, 2.24) is 0 Å². The predicted octanol–water partition coefficient (Wildman–Crippen LogP) is 3.21. The van der Waals surface area contributed by atoms with E-state index in [0.29, 0.717) is 0 Å². The first-order valence-corrected chi connectivity index (χ1v) is 5.91. The smallest absolute Gasteiger partial charge is 0.00359 e. The maximum Gasteiger partial charge on any atom is 0.00359 e. The topological polar surface area (TPSA) is 26.0 Å². The van der Waals surface area contributed by atoms with Crippen molar-refractivity contribution >= 4 is 0 Å². The molecule has 0 radical (unpaired) electrons. The van der Waals surface area contributed by atoms with Crippen molar-refractivity contribution in [3.63, 3.8) is 0 Å². The lowest BCUT2D eigenvalue weighted by molar-refractivity contribution is 0.403. The number of rotatable bonds is 5. The monoisotopic (exact) mass is 195 g/mol. The van der Waals surface area contributed by atoms with E-state index in [1.165, 1.54) is 0 Å². The van der Waals surface area contributed by atoms with Crippen molar-refractivity contribution in [3.05, 3.63) is 11.1 Å².